The molecule has 4 heteroatoms. The van der Waals surface area contributed by atoms with Crippen LogP contribution in [0.1, 0.15) is 41.5 Å². The molecule has 0 aromatic rings. The molecule has 2 atom stereocenters. The highest BCUT2D eigenvalue weighted by molar-refractivity contribution is 7.94. The van der Waals surface area contributed by atoms with Gasteiger partial charge in [-0.3, -0.25) is 0 Å². The summed E-state index contributed by atoms with van der Waals surface area (Å²) in [6.07, 6.45) is 2.95. The molecular weight excluding hydrogens is 258 g/mol. The highest BCUT2D eigenvalue weighted by atomic mass is 32.2. The van der Waals surface area contributed by atoms with Gasteiger partial charge in [-0.05, 0) is 29.4 Å². The van der Waals surface area contributed by atoms with Crippen LogP contribution in [0.5, 0.6) is 0 Å². The molecule has 110 valence electrons. The number of nitrogens with two attached hydrogens (primary N) is 1. The van der Waals surface area contributed by atoms with Gasteiger partial charge in [0.15, 0.2) is 9.84 Å². The Morgan fingerprint density at radius 2 is 1.68 bits per heavy atom. The summed E-state index contributed by atoms with van der Waals surface area (Å²) in [5.41, 5.74) is 5.79. The van der Waals surface area contributed by atoms with E-state index >= 15 is 0 Å². The Morgan fingerprint density at radius 3 is 2.00 bits per heavy atom. The molecule has 0 aromatic heterocycles. The minimum atomic E-state index is -3.28. The van der Waals surface area contributed by atoms with Crippen molar-refractivity contribution in [2.75, 3.05) is 6.26 Å². The summed E-state index contributed by atoms with van der Waals surface area (Å²) in [6, 6.07) is 0. The van der Waals surface area contributed by atoms with E-state index in [1.54, 1.807) is 6.08 Å². The molecule has 1 rings (SSSR count). The van der Waals surface area contributed by atoms with Crippen molar-refractivity contribution in [3.05, 3.63) is 23.1 Å². The average Bonchev–Trinajstić information content (AvgIpc) is 2.09. The van der Waals surface area contributed by atoms with Crippen molar-refractivity contribution in [1.82, 2.24) is 0 Å². The Hall–Kier alpha value is -0.610. The number of hydrogen-bond donors (Lipinski definition) is 1. The molecule has 0 aliphatic heterocycles. The Labute approximate surface area is 117 Å². The third kappa shape index (κ3) is 2.79. The standard InChI is InChI=1S/C15H27NO2S/c1-10-14(5,6)12(13(2,3)4)11(19(8,17)18)9-15(10,7)16/h9,12H,1,16H2,2-8H3. The molecule has 0 saturated carbocycles. The topological polar surface area (TPSA) is 60.2 Å². The van der Waals surface area contributed by atoms with Crippen LogP contribution in [0.2, 0.25) is 0 Å². The summed E-state index contributed by atoms with van der Waals surface area (Å²) >= 11 is 0. The largest absolute Gasteiger partial charge is 0.319 e. The molecule has 0 heterocycles. The molecule has 0 amide bonds. The molecule has 1 aliphatic carbocycles. The summed E-state index contributed by atoms with van der Waals surface area (Å²) in [6.45, 7) is 16.2. The molecule has 1 aliphatic rings. The van der Waals surface area contributed by atoms with E-state index in [-0.39, 0.29) is 16.7 Å². The van der Waals surface area contributed by atoms with Gasteiger partial charge in [0.05, 0.1) is 5.54 Å². The van der Waals surface area contributed by atoms with Crippen LogP contribution in [0.15, 0.2) is 23.1 Å². The smallest absolute Gasteiger partial charge is 0.171 e. The summed E-state index contributed by atoms with van der Waals surface area (Å²) in [7, 11) is -3.28. The van der Waals surface area contributed by atoms with Gasteiger partial charge in [-0.1, -0.05) is 41.2 Å². The molecular formula is C15H27NO2S. The first-order chi connectivity index (χ1) is 8.12. The second-order valence-electron chi connectivity index (χ2n) is 7.60. The molecule has 0 spiro atoms. The van der Waals surface area contributed by atoms with Gasteiger partial charge in [-0.25, -0.2) is 8.42 Å². The van der Waals surface area contributed by atoms with Crippen LogP contribution in [-0.2, 0) is 9.84 Å². The van der Waals surface area contributed by atoms with Crippen molar-refractivity contribution < 1.29 is 8.42 Å². The summed E-state index contributed by atoms with van der Waals surface area (Å²) < 4.78 is 24.3. The normalized spacial score (nSPS) is 32.1. The van der Waals surface area contributed by atoms with Gasteiger partial charge in [0, 0.05) is 17.1 Å². The molecule has 0 aromatic carbocycles. The van der Waals surface area contributed by atoms with Gasteiger partial charge in [-0.2, -0.15) is 0 Å². The van der Waals surface area contributed by atoms with Gasteiger partial charge in [-0.15, -0.1) is 0 Å². The van der Waals surface area contributed by atoms with Gasteiger partial charge in [0.2, 0.25) is 0 Å². The SMILES string of the molecule is C=C1C(C)(N)C=C(S(C)(=O)=O)C(C(C)(C)C)C1(C)C. The maximum atomic E-state index is 12.2. The van der Waals surface area contributed by atoms with Crippen molar-refractivity contribution in [3.63, 3.8) is 0 Å². The van der Waals surface area contributed by atoms with Crippen LogP contribution in [-0.4, -0.2) is 20.2 Å². The van der Waals surface area contributed by atoms with Crippen LogP contribution in [0.25, 0.3) is 0 Å². The van der Waals surface area contributed by atoms with E-state index in [0.29, 0.717) is 4.91 Å². The number of allylic oxidation sites excluding steroid dienone is 1. The highest BCUT2D eigenvalue weighted by Gasteiger charge is 2.51. The highest BCUT2D eigenvalue weighted by Crippen LogP contribution is 2.55. The van der Waals surface area contributed by atoms with Crippen LogP contribution in [0.3, 0.4) is 0 Å². The van der Waals surface area contributed by atoms with Crippen molar-refractivity contribution in [2.45, 2.75) is 47.1 Å². The quantitative estimate of drug-likeness (QED) is 0.754. The van der Waals surface area contributed by atoms with Crippen molar-refractivity contribution in [1.29, 1.82) is 0 Å². The molecule has 2 unspecified atom stereocenters. The Kier molecular flexibility index (Phi) is 3.63. The summed E-state index contributed by atoms with van der Waals surface area (Å²) in [4.78, 5) is 0.447. The van der Waals surface area contributed by atoms with Gasteiger partial charge in [0.1, 0.15) is 0 Å². The maximum Gasteiger partial charge on any atom is 0.171 e. The van der Waals surface area contributed by atoms with E-state index in [2.05, 4.69) is 27.4 Å². The molecule has 2 N–H and O–H groups in total. The Bertz CT molecular complexity index is 531. The van der Waals surface area contributed by atoms with Crippen molar-refractivity contribution in [3.8, 4) is 0 Å². The minimum Gasteiger partial charge on any atom is -0.319 e. The molecule has 0 saturated heterocycles. The lowest BCUT2D eigenvalue weighted by atomic mass is 9.56. The monoisotopic (exact) mass is 285 g/mol. The second kappa shape index (κ2) is 4.19. The van der Waals surface area contributed by atoms with Gasteiger partial charge in [0.25, 0.3) is 0 Å². The average molecular weight is 285 g/mol. The maximum absolute atomic E-state index is 12.2. The number of sulfone groups is 1. The second-order valence-corrected chi connectivity index (χ2v) is 9.62. The third-order valence-electron chi connectivity index (χ3n) is 4.17. The van der Waals surface area contributed by atoms with E-state index in [1.165, 1.54) is 6.26 Å². The lowest BCUT2D eigenvalue weighted by Gasteiger charge is -2.51. The van der Waals surface area contributed by atoms with Crippen LogP contribution < -0.4 is 5.73 Å². The first-order valence-electron chi connectivity index (χ1n) is 6.53. The molecule has 3 nitrogen and oxygen atoms in total. The molecule has 0 fully saturated rings. The zero-order valence-electron chi connectivity index (χ0n) is 13.2. The Balaban J connectivity index is 3.70. The predicted molar refractivity (Wildman–Crippen MR) is 81.4 cm³/mol. The molecule has 0 radical (unpaired) electrons. The first kappa shape index (κ1) is 16.4. The van der Waals surface area contributed by atoms with E-state index in [9.17, 15) is 8.42 Å². The fraction of sp³-hybridized carbons (Fsp3) is 0.733. The lowest BCUT2D eigenvalue weighted by Crippen LogP contribution is -2.52. The van der Waals surface area contributed by atoms with Crippen LogP contribution in [0, 0.1) is 16.7 Å². The van der Waals surface area contributed by atoms with Crippen molar-refractivity contribution in [2.24, 2.45) is 22.5 Å². The zero-order valence-corrected chi connectivity index (χ0v) is 14.0. The first-order valence-corrected chi connectivity index (χ1v) is 8.42. The van der Waals surface area contributed by atoms with Gasteiger partial charge >= 0.3 is 0 Å². The molecule has 0 bridgehead atoms. The lowest BCUT2D eigenvalue weighted by molar-refractivity contribution is 0.139. The third-order valence-corrected chi connectivity index (χ3v) is 5.38. The summed E-state index contributed by atoms with van der Waals surface area (Å²) in [5, 5.41) is 0. The minimum absolute atomic E-state index is 0.126. The molecule has 19 heavy (non-hydrogen) atoms. The Morgan fingerprint density at radius 1 is 1.26 bits per heavy atom. The van der Waals surface area contributed by atoms with E-state index in [0.717, 1.165) is 5.57 Å². The number of rotatable bonds is 1. The summed E-state index contributed by atoms with van der Waals surface area (Å²) in [5.74, 6) is -0.126. The number of hydrogen-bond acceptors (Lipinski definition) is 3. The fourth-order valence-electron chi connectivity index (χ4n) is 3.52. The van der Waals surface area contributed by atoms with Crippen LogP contribution >= 0.6 is 0 Å². The van der Waals surface area contributed by atoms with Crippen molar-refractivity contribution >= 4 is 9.84 Å². The zero-order chi connectivity index (χ0) is 15.4. The van der Waals surface area contributed by atoms with Crippen LogP contribution in [0.4, 0.5) is 0 Å². The fourth-order valence-corrected chi connectivity index (χ4v) is 5.06. The van der Waals surface area contributed by atoms with E-state index in [1.807, 2.05) is 20.8 Å². The predicted octanol–water partition coefficient (Wildman–Crippen LogP) is 2.89. The van der Waals surface area contributed by atoms with Gasteiger partial charge < -0.3 is 5.73 Å². The van der Waals surface area contributed by atoms with E-state index < -0.39 is 15.4 Å². The van der Waals surface area contributed by atoms with E-state index in [4.69, 9.17) is 5.73 Å².